The van der Waals surface area contributed by atoms with E-state index in [4.69, 9.17) is 0 Å². The monoisotopic (exact) mass is 328 g/mol. The van der Waals surface area contributed by atoms with Gasteiger partial charge < -0.3 is 5.32 Å². The average Bonchev–Trinajstić information content (AvgIpc) is 2.88. The molecule has 0 saturated carbocycles. The highest BCUT2D eigenvalue weighted by atomic mass is 32.2. The minimum absolute atomic E-state index is 0.0221. The van der Waals surface area contributed by atoms with E-state index in [0.717, 1.165) is 12.0 Å². The Morgan fingerprint density at radius 3 is 2.91 bits per heavy atom. The first-order chi connectivity index (χ1) is 10.4. The molecule has 2 N–H and O–H groups in total. The fourth-order valence-corrected chi connectivity index (χ4v) is 3.75. The zero-order valence-electron chi connectivity index (χ0n) is 12.6. The lowest BCUT2D eigenvalue weighted by molar-refractivity contribution is -0.120. The number of benzene rings is 1. The van der Waals surface area contributed by atoms with Crippen molar-refractivity contribution in [1.82, 2.24) is 10.0 Å². The molecule has 7 heteroatoms. The zero-order chi connectivity index (χ0) is 16.2. The summed E-state index contributed by atoms with van der Waals surface area (Å²) in [5.74, 6) is -0.634. The number of hydrogen-bond donors (Lipinski definition) is 2. The molecule has 0 aromatic heterocycles. The Balaban J connectivity index is 1.88. The topological polar surface area (TPSA) is 75.3 Å². The Labute approximate surface area is 130 Å². The van der Waals surface area contributed by atoms with Gasteiger partial charge in [-0.05, 0) is 36.5 Å². The second-order valence-corrected chi connectivity index (χ2v) is 7.39. The number of hydrogen-bond acceptors (Lipinski definition) is 3. The summed E-state index contributed by atoms with van der Waals surface area (Å²) in [6, 6.07) is 4.57. The minimum atomic E-state index is -3.41. The van der Waals surface area contributed by atoms with E-state index in [0.29, 0.717) is 24.8 Å². The zero-order valence-corrected chi connectivity index (χ0v) is 13.4. The number of rotatable bonds is 7. The third-order valence-corrected chi connectivity index (χ3v) is 5.18. The molecule has 0 fully saturated rings. The van der Waals surface area contributed by atoms with Crippen LogP contribution in [0.4, 0.5) is 4.39 Å². The first-order valence-electron chi connectivity index (χ1n) is 7.47. The molecule has 0 spiro atoms. The fraction of sp³-hybridized carbons (Fsp3) is 0.533. The Kier molecular flexibility index (Phi) is 5.52. The van der Waals surface area contributed by atoms with E-state index in [2.05, 4.69) is 10.0 Å². The number of halogens is 1. The lowest BCUT2D eigenvalue weighted by Crippen LogP contribution is -2.39. The molecule has 0 saturated heterocycles. The van der Waals surface area contributed by atoms with E-state index >= 15 is 0 Å². The highest BCUT2D eigenvalue weighted by Gasteiger charge is 2.26. The molecule has 2 rings (SSSR count). The van der Waals surface area contributed by atoms with Gasteiger partial charge in [-0.15, -0.1) is 0 Å². The van der Waals surface area contributed by atoms with Gasteiger partial charge in [0.15, 0.2) is 0 Å². The smallest absolute Gasteiger partial charge is 0.235 e. The molecule has 1 aliphatic rings. The van der Waals surface area contributed by atoms with Crippen molar-refractivity contribution in [2.75, 3.05) is 12.3 Å². The molecule has 1 amide bonds. The fourth-order valence-electron chi connectivity index (χ4n) is 2.59. The largest absolute Gasteiger partial charge is 0.348 e. The van der Waals surface area contributed by atoms with Gasteiger partial charge in [-0.1, -0.05) is 25.5 Å². The van der Waals surface area contributed by atoms with Crippen LogP contribution in [0.3, 0.4) is 0 Å². The summed E-state index contributed by atoms with van der Waals surface area (Å²) in [6.45, 7) is 1.62. The molecule has 0 bridgehead atoms. The summed E-state index contributed by atoms with van der Waals surface area (Å²) in [7, 11) is -3.41. The van der Waals surface area contributed by atoms with Crippen molar-refractivity contribution in [3.05, 3.63) is 35.1 Å². The van der Waals surface area contributed by atoms with Crippen LogP contribution in [0, 0.1) is 5.82 Å². The number of sulfonamides is 1. The van der Waals surface area contributed by atoms with Crippen LogP contribution in [0.25, 0.3) is 0 Å². The van der Waals surface area contributed by atoms with Crippen LogP contribution in [0.15, 0.2) is 18.2 Å². The van der Waals surface area contributed by atoms with Gasteiger partial charge in [-0.2, -0.15) is 0 Å². The average molecular weight is 328 g/mol. The van der Waals surface area contributed by atoms with Gasteiger partial charge in [0.2, 0.25) is 15.9 Å². The third kappa shape index (κ3) is 4.27. The maximum absolute atomic E-state index is 13.6. The van der Waals surface area contributed by atoms with Gasteiger partial charge in [-0.25, -0.2) is 17.5 Å². The maximum Gasteiger partial charge on any atom is 0.235 e. The number of amides is 1. The first kappa shape index (κ1) is 16.9. The number of fused-ring (bicyclic) bond motifs is 1. The Hall–Kier alpha value is -1.47. The molecule has 1 atom stereocenters. The van der Waals surface area contributed by atoms with Crippen molar-refractivity contribution in [2.24, 2.45) is 0 Å². The number of carbonyl (C=O) groups excluding carboxylic acids is 1. The van der Waals surface area contributed by atoms with Crippen LogP contribution in [0.1, 0.15) is 43.4 Å². The van der Waals surface area contributed by atoms with Crippen LogP contribution in [0.2, 0.25) is 0 Å². The number of carbonyl (C=O) groups is 1. The molecule has 1 aromatic rings. The Morgan fingerprint density at radius 1 is 1.41 bits per heavy atom. The van der Waals surface area contributed by atoms with Gasteiger partial charge >= 0.3 is 0 Å². The predicted molar refractivity (Wildman–Crippen MR) is 82.3 cm³/mol. The van der Waals surface area contributed by atoms with E-state index in [1.165, 1.54) is 6.07 Å². The molecular formula is C15H21FN2O3S. The molecule has 1 aliphatic carbocycles. The molecular weight excluding hydrogens is 307 g/mol. The molecule has 0 unspecified atom stereocenters. The van der Waals surface area contributed by atoms with Crippen molar-refractivity contribution in [1.29, 1.82) is 0 Å². The lowest BCUT2D eigenvalue weighted by Gasteiger charge is -2.14. The van der Waals surface area contributed by atoms with Gasteiger partial charge in [-0.3, -0.25) is 4.79 Å². The van der Waals surface area contributed by atoms with E-state index in [-0.39, 0.29) is 24.2 Å². The molecule has 122 valence electrons. The summed E-state index contributed by atoms with van der Waals surface area (Å²) >= 11 is 0. The van der Waals surface area contributed by atoms with Crippen molar-refractivity contribution < 1.29 is 17.6 Å². The molecule has 5 nitrogen and oxygen atoms in total. The van der Waals surface area contributed by atoms with Gasteiger partial charge in [0.1, 0.15) is 5.82 Å². The second-order valence-electron chi connectivity index (χ2n) is 5.46. The van der Waals surface area contributed by atoms with Crippen LogP contribution in [-0.2, 0) is 21.2 Å². The quantitative estimate of drug-likeness (QED) is 0.799. The maximum atomic E-state index is 13.6. The predicted octanol–water partition coefficient (Wildman–Crippen LogP) is 1.65. The van der Waals surface area contributed by atoms with Crippen LogP contribution >= 0.6 is 0 Å². The van der Waals surface area contributed by atoms with Crippen LogP contribution < -0.4 is 10.0 Å². The van der Waals surface area contributed by atoms with Crippen molar-refractivity contribution in [2.45, 2.75) is 38.6 Å². The summed E-state index contributed by atoms with van der Waals surface area (Å²) in [5.41, 5.74) is 1.42. The van der Waals surface area contributed by atoms with Gasteiger partial charge in [0.25, 0.3) is 0 Å². The SMILES string of the molecule is CCCCS(=O)(=O)NCC(=O)N[C@@H]1CCc2c(F)cccc21. The summed E-state index contributed by atoms with van der Waals surface area (Å²) in [6.07, 6.45) is 2.55. The van der Waals surface area contributed by atoms with Crippen molar-refractivity contribution >= 4 is 15.9 Å². The number of nitrogens with one attached hydrogen (secondary N) is 2. The van der Waals surface area contributed by atoms with E-state index in [9.17, 15) is 17.6 Å². The van der Waals surface area contributed by atoms with Gasteiger partial charge in [0.05, 0.1) is 18.3 Å². The van der Waals surface area contributed by atoms with Crippen LogP contribution in [-0.4, -0.2) is 26.6 Å². The normalized spacial score (nSPS) is 17.3. The number of unbranched alkanes of at least 4 members (excludes halogenated alkanes) is 1. The summed E-state index contributed by atoms with van der Waals surface area (Å²) in [4.78, 5) is 11.9. The Bertz CT molecular complexity index is 646. The lowest BCUT2D eigenvalue weighted by atomic mass is 10.1. The van der Waals surface area contributed by atoms with E-state index in [1.807, 2.05) is 6.92 Å². The highest BCUT2D eigenvalue weighted by molar-refractivity contribution is 7.89. The van der Waals surface area contributed by atoms with Crippen molar-refractivity contribution in [3.8, 4) is 0 Å². The molecule has 0 aliphatic heterocycles. The third-order valence-electron chi connectivity index (χ3n) is 3.77. The molecule has 0 radical (unpaired) electrons. The molecule has 0 heterocycles. The van der Waals surface area contributed by atoms with Gasteiger partial charge in [0, 0.05) is 0 Å². The summed E-state index contributed by atoms with van der Waals surface area (Å²) in [5, 5.41) is 2.76. The second kappa shape index (κ2) is 7.19. The minimum Gasteiger partial charge on any atom is -0.348 e. The highest BCUT2D eigenvalue weighted by Crippen LogP contribution is 2.32. The first-order valence-corrected chi connectivity index (χ1v) is 9.12. The van der Waals surface area contributed by atoms with Crippen LogP contribution in [0.5, 0.6) is 0 Å². The summed E-state index contributed by atoms with van der Waals surface area (Å²) < 4.78 is 39.2. The van der Waals surface area contributed by atoms with Crippen molar-refractivity contribution in [3.63, 3.8) is 0 Å². The van der Waals surface area contributed by atoms with E-state index < -0.39 is 15.9 Å². The standard InChI is InChI=1S/C15H21FN2O3S/c1-2-3-9-22(20,21)17-10-15(19)18-14-8-7-11-12(14)5-4-6-13(11)16/h4-6,14,17H,2-3,7-10H2,1H3,(H,18,19)/t14-/m1/s1. The van der Waals surface area contributed by atoms with E-state index in [1.54, 1.807) is 12.1 Å². The Morgan fingerprint density at radius 2 is 2.18 bits per heavy atom. The molecule has 1 aromatic carbocycles. The molecule has 22 heavy (non-hydrogen) atoms.